The predicted molar refractivity (Wildman–Crippen MR) is 85.4 cm³/mol. The van der Waals surface area contributed by atoms with E-state index in [-0.39, 0.29) is 0 Å². The van der Waals surface area contributed by atoms with Gasteiger partial charge in [-0.2, -0.15) is 0 Å². The van der Waals surface area contributed by atoms with Gasteiger partial charge in [-0.15, -0.1) is 0 Å². The minimum Gasteiger partial charge on any atom is -0.369 e. The van der Waals surface area contributed by atoms with Crippen molar-refractivity contribution in [1.29, 1.82) is 0 Å². The Hall–Kier alpha value is -1.51. The fourth-order valence-corrected chi connectivity index (χ4v) is 2.73. The lowest BCUT2D eigenvalue weighted by Gasteiger charge is -2.34. The lowest BCUT2D eigenvalue weighted by atomic mass is 10.0. The van der Waals surface area contributed by atoms with Crippen LogP contribution in [0, 0.1) is 6.07 Å². The quantitative estimate of drug-likeness (QED) is 0.832. The molecule has 1 radical (unpaired) electrons. The van der Waals surface area contributed by atoms with E-state index in [0.29, 0.717) is 0 Å². The zero-order chi connectivity index (χ0) is 13.9. The first-order valence-electron chi connectivity index (χ1n) is 6.93. The summed E-state index contributed by atoms with van der Waals surface area (Å²) in [7, 11) is 2.17. The Labute approximate surface area is 125 Å². The van der Waals surface area contributed by atoms with Gasteiger partial charge in [0.25, 0.3) is 0 Å². The van der Waals surface area contributed by atoms with E-state index in [1.807, 2.05) is 24.3 Å². The molecule has 0 amide bonds. The van der Waals surface area contributed by atoms with E-state index in [9.17, 15) is 0 Å². The summed E-state index contributed by atoms with van der Waals surface area (Å²) in [6, 6.07) is 17.5. The van der Waals surface area contributed by atoms with Gasteiger partial charge in [0, 0.05) is 36.9 Å². The van der Waals surface area contributed by atoms with Crippen molar-refractivity contribution in [2.75, 3.05) is 38.1 Å². The first-order chi connectivity index (χ1) is 9.72. The minimum atomic E-state index is 0.771. The second-order valence-corrected chi connectivity index (χ2v) is 5.72. The molecule has 0 bridgehead atoms. The summed E-state index contributed by atoms with van der Waals surface area (Å²) in [5.74, 6) is 0. The maximum Gasteiger partial charge on any atom is 0.0412 e. The number of likely N-dealkylation sites (N-methyl/N-ethyl adjacent to an activating group) is 1. The highest BCUT2D eigenvalue weighted by molar-refractivity contribution is 6.30. The molecule has 1 aliphatic rings. The van der Waals surface area contributed by atoms with Crippen LogP contribution in [0.2, 0.25) is 5.02 Å². The maximum atomic E-state index is 6.07. The van der Waals surface area contributed by atoms with E-state index in [1.54, 1.807) is 0 Å². The van der Waals surface area contributed by atoms with Crippen LogP contribution in [0.3, 0.4) is 0 Å². The maximum absolute atomic E-state index is 6.07. The molecule has 0 N–H and O–H groups in total. The molecular weight excluding hydrogens is 268 g/mol. The van der Waals surface area contributed by atoms with Gasteiger partial charge in [-0.1, -0.05) is 23.7 Å². The number of piperazine rings is 1. The van der Waals surface area contributed by atoms with Crippen molar-refractivity contribution < 1.29 is 0 Å². The number of rotatable bonds is 2. The summed E-state index contributed by atoms with van der Waals surface area (Å²) in [4.78, 5) is 4.78. The van der Waals surface area contributed by atoms with E-state index in [0.717, 1.165) is 36.8 Å². The number of halogens is 1. The molecule has 0 saturated carbocycles. The summed E-state index contributed by atoms with van der Waals surface area (Å²) in [5.41, 5.74) is 3.56. The first kappa shape index (κ1) is 13.5. The smallest absolute Gasteiger partial charge is 0.0412 e. The van der Waals surface area contributed by atoms with Crippen molar-refractivity contribution in [3.8, 4) is 11.1 Å². The Morgan fingerprint density at radius 1 is 1.00 bits per heavy atom. The van der Waals surface area contributed by atoms with Crippen LogP contribution in [-0.4, -0.2) is 38.1 Å². The monoisotopic (exact) mass is 285 g/mol. The molecule has 2 aromatic rings. The van der Waals surface area contributed by atoms with Gasteiger partial charge in [-0.05, 0) is 54.6 Å². The van der Waals surface area contributed by atoms with Crippen LogP contribution in [0.4, 0.5) is 5.69 Å². The fraction of sp³-hybridized carbons (Fsp3) is 0.294. The topological polar surface area (TPSA) is 6.48 Å². The van der Waals surface area contributed by atoms with Crippen LogP contribution < -0.4 is 4.90 Å². The number of benzene rings is 2. The van der Waals surface area contributed by atoms with Crippen molar-refractivity contribution in [1.82, 2.24) is 4.90 Å². The lowest BCUT2D eigenvalue weighted by Crippen LogP contribution is -2.44. The third kappa shape index (κ3) is 2.97. The van der Waals surface area contributed by atoms with E-state index in [1.165, 1.54) is 11.3 Å². The van der Waals surface area contributed by atoms with Crippen LogP contribution in [0.15, 0.2) is 42.5 Å². The highest BCUT2D eigenvalue weighted by Gasteiger charge is 2.14. The van der Waals surface area contributed by atoms with Crippen molar-refractivity contribution in [2.45, 2.75) is 0 Å². The summed E-state index contributed by atoms with van der Waals surface area (Å²) >= 11 is 6.07. The second-order valence-electron chi connectivity index (χ2n) is 5.28. The molecule has 0 spiro atoms. The molecule has 1 fully saturated rings. The Kier molecular flexibility index (Phi) is 3.95. The van der Waals surface area contributed by atoms with Gasteiger partial charge < -0.3 is 9.80 Å². The van der Waals surface area contributed by atoms with Crippen molar-refractivity contribution in [2.24, 2.45) is 0 Å². The highest BCUT2D eigenvalue weighted by atomic mass is 35.5. The summed E-state index contributed by atoms with van der Waals surface area (Å²) in [5, 5.41) is 0.771. The Bertz CT molecular complexity index is 589. The molecule has 3 heteroatoms. The van der Waals surface area contributed by atoms with Crippen LogP contribution in [0.5, 0.6) is 0 Å². The Morgan fingerprint density at radius 3 is 2.55 bits per heavy atom. The fourth-order valence-electron chi connectivity index (χ4n) is 2.54. The normalized spacial score (nSPS) is 16.4. The van der Waals surface area contributed by atoms with Gasteiger partial charge in [0.2, 0.25) is 0 Å². The SMILES string of the molecule is CN1CCN(c2c[c]cc(-c3cccc(Cl)c3)c2)CC1. The van der Waals surface area contributed by atoms with Crippen molar-refractivity contribution in [3.05, 3.63) is 53.6 Å². The molecule has 0 aromatic heterocycles. The summed E-state index contributed by atoms with van der Waals surface area (Å²) < 4.78 is 0. The molecule has 3 rings (SSSR count). The van der Waals surface area contributed by atoms with Crippen LogP contribution in [0.1, 0.15) is 0 Å². The molecule has 2 nitrogen and oxygen atoms in total. The zero-order valence-corrected chi connectivity index (χ0v) is 12.4. The average molecular weight is 286 g/mol. The summed E-state index contributed by atoms with van der Waals surface area (Å²) in [6.07, 6.45) is 0. The molecule has 1 heterocycles. The number of hydrogen-bond acceptors (Lipinski definition) is 2. The number of nitrogens with zero attached hydrogens (tertiary/aromatic N) is 2. The van der Waals surface area contributed by atoms with Crippen molar-refractivity contribution >= 4 is 17.3 Å². The first-order valence-corrected chi connectivity index (χ1v) is 7.31. The van der Waals surface area contributed by atoms with Gasteiger partial charge >= 0.3 is 0 Å². The Morgan fingerprint density at radius 2 is 1.80 bits per heavy atom. The lowest BCUT2D eigenvalue weighted by molar-refractivity contribution is 0.313. The van der Waals surface area contributed by atoms with Crippen LogP contribution in [-0.2, 0) is 0 Å². The van der Waals surface area contributed by atoms with Crippen molar-refractivity contribution in [3.63, 3.8) is 0 Å². The molecule has 1 aliphatic heterocycles. The van der Waals surface area contributed by atoms with Gasteiger partial charge in [0.1, 0.15) is 0 Å². The third-order valence-corrected chi connectivity index (χ3v) is 4.03. The summed E-state index contributed by atoms with van der Waals surface area (Å²) in [6.45, 7) is 4.37. The van der Waals surface area contributed by atoms with Gasteiger partial charge in [0.05, 0.1) is 0 Å². The molecule has 1 saturated heterocycles. The molecule has 20 heavy (non-hydrogen) atoms. The number of anilines is 1. The molecule has 0 atom stereocenters. The Balaban J connectivity index is 1.86. The second kappa shape index (κ2) is 5.86. The van der Waals surface area contributed by atoms with Crippen LogP contribution >= 0.6 is 11.6 Å². The van der Waals surface area contributed by atoms with Crippen LogP contribution in [0.25, 0.3) is 11.1 Å². The molecule has 103 valence electrons. The largest absolute Gasteiger partial charge is 0.369 e. The minimum absolute atomic E-state index is 0.771. The highest BCUT2D eigenvalue weighted by Crippen LogP contribution is 2.26. The molecule has 0 unspecified atom stereocenters. The third-order valence-electron chi connectivity index (χ3n) is 3.80. The van der Waals surface area contributed by atoms with Gasteiger partial charge in [-0.3, -0.25) is 0 Å². The van der Waals surface area contributed by atoms with E-state index in [4.69, 9.17) is 11.6 Å². The number of hydrogen-bond donors (Lipinski definition) is 0. The standard InChI is InChI=1S/C17H18ClN2/c1-19-8-10-20(11-9-19)17-7-3-5-15(13-17)14-4-2-6-16(18)12-14/h2,4-7,12-13H,8-11H2,1H3. The predicted octanol–water partition coefficient (Wildman–Crippen LogP) is 3.56. The van der Waals surface area contributed by atoms with Gasteiger partial charge in [0.15, 0.2) is 0 Å². The van der Waals surface area contributed by atoms with E-state index < -0.39 is 0 Å². The molecule has 0 aliphatic carbocycles. The van der Waals surface area contributed by atoms with E-state index in [2.05, 4.69) is 41.1 Å². The van der Waals surface area contributed by atoms with E-state index >= 15 is 0 Å². The zero-order valence-electron chi connectivity index (χ0n) is 11.6. The van der Waals surface area contributed by atoms with Gasteiger partial charge in [-0.25, -0.2) is 0 Å². The molecule has 2 aromatic carbocycles. The molecular formula is C17H18ClN2. The average Bonchev–Trinajstić information content (AvgIpc) is 2.48.